The molecule has 0 amide bonds. The fourth-order valence-electron chi connectivity index (χ4n) is 1.91. The quantitative estimate of drug-likeness (QED) is 0.530. The van der Waals surface area contributed by atoms with Crippen LogP contribution in [0.15, 0.2) is 41.3 Å². The number of rotatable bonds is 4. The third-order valence-corrected chi connectivity index (χ3v) is 4.85. The Morgan fingerprint density at radius 3 is 2.57 bits per heavy atom. The minimum absolute atomic E-state index is 0.0850. The zero-order valence-electron chi connectivity index (χ0n) is 11.2. The number of anilines is 1. The Balaban J connectivity index is 2.25. The molecule has 0 fully saturated rings. The zero-order chi connectivity index (χ0) is 15.6. The number of aryl methyl sites for hydroxylation is 1. The molecule has 0 aliphatic carbocycles. The van der Waals surface area contributed by atoms with E-state index in [2.05, 4.69) is 0 Å². The first kappa shape index (κ1) is 15.5. The van der Waals surface area contributed by atoms with Crippen molar-refractivity contribution in [3.63, 3.8) is 0 Å². The maximum Gasteiger partial charge on any atom is 0.270 e. The minimum Gasteiger partial charge on any atom is -0.399 e. The van der Waals surface area contributed by atoms with E-state index >= 15 is 0 Å². The second-order valence-electron chi connectivity index (χ2n) is 4.55. The van der Waals surface area contributed by atoms with Crippen molar-refractivity contribution >= 4 is 33.8 Å². The predicted octanol–water partition coefficient (Wildman–Crippen LogP) is 3.45. The Kier molecular flexibility index (Phi) is 4.59. The van der Waals surface area contributed by atoms with E-state index in [4.69, 9.17) is 17.3 Å². The van der Waals surface area contributed by atoms with Gasteiger partial charge in [-0.15, -0.1) is 0 Å². The zero-order valence-corrected chi connectivity index (χ0v) is 12.8. The highest BCUT2D eigenvalue weighted by Crippen LogP contribution is 2.26. The van der Waals surface area contributed by atoms with Gasteiger partial charge in [-0.25, -0.2) is 0 Å². The molecule has 21 heavy (non-hydrogen) atoms. The molecule has 110 valence electrons. The molecule has 7 heteroatoms. The molecule has 0 heterocycles. The molecule has 0 aliphatic heterocycles. The number of hydrogen-bond donors (Lipinski definition) is 1. The van der Waals surface area contributed by atoms with Gasteiger partial charge in [0.25, 0.3) is 5.69 Å². The summed E-state index contributed by atoms with van der Waals surface area (Å²) in [6.45, 7) is 1.83. The molecule has 0 saturated carbocycles. The number of hydrogen-bond acceptors (Lipinski definition) is 4. The highest BCUT2D eigenvalue weighted by atomic mass is 35.5. The van der Waals surface area contributed by atoms with E-state index in [-0.39, 0.29) is 16.5 Å². The van der Waals surface area contributed by atoms with Crippen LogP contribution >= 0.6 is 11.6 Å². The first-order valence-electron chi connectivity index (χ1n) is 6.06. The van der Waals surface area contributed by atoms with Gasteiger partial charge in [0.1, 0.15) is 0 Å². The number of nitrogens with zero attached hydrogens (tertiary/aromatic N) is 1. The van der Waals surface area contributed by atoms with Gasteiger partial charge in [-0.05, 0) is 42.3 Å². The molecule has 2 N–H and O–H groups in total. The van der Waals surface area contributed by atoms with E-state index in [0.29, 0.717) is 16.1 Å². The lowest BCUT2D eigenvalue weighted by Gasteiger charge is -2.08. The summed E-state index contributed by atoms with van der Waals surface area (Å²) < 4.78 is 12.4. The fourth-order valence-corrected chi connectivity index (χ4v) is 3.56. The van der Waals surface area contributed by atoms with Crippen LogP contribution < -0.4 is 5.73 Å². The van der Waals surface area contributed by atoms with Crippen molar-refractivity contribution in [3.05, 3.63) is 62.7 Å². The largest absolute Gasteiger partial charge is 0.399 e. The summed E-state index contributed by atoms with van der Waals surface area (Å²) in [5, 5.41) is 10.9. The van der Waals surface area contributed by atoms with Gasteiger partial charge in [0.05, 0.1) is 26.5 Å². The maximum absolute atomic E-state index is 12.4. The van der Waals surface area contributed by atoms with Crippen molar-refractivity contribution in [2.75, 3.05) is 5.73 Å². The first-order valence-corrected chi connectivity index (χ1v) is 7.75. The van der Waals surface area contributed by atoms with Gasteiger partial charge >= 0.3 is 0 Å². The van der Waals surface area contributed by atoms with Gasteiger partial charge in [-0.2, -0.15) is 0 Å². The van der Waals surface area contributed by atoms with Gasteiger partial charge in [0, 0.05) is 22.7 Å². The van der Waals surface area contributed by atoms with Crippen molar-refractivity contribution in [1.29, 1.82) is 0 Å². The molecule has 0 aromatic heterocycles. The van der Waals surface area contributed by atoms with E-state index < -0.39 is 15.7 Å². The Hall–Kier alpha value is -1.92. The molecule has 2 aromatic rings. The summed E-state index contributed by atoms with van der Waals surface area (Å²) in [6.07, 6.45) is 0. The standard InChI is InChI=1S/C14H13ClN2O3S/c1-9-6-11(16)3-5-14(9)21(20)8-10-2-4-12(17(18)19)7-13(10)15/h2-7H,8,16H2,1H3. The second kappa shape index (κ2) is 6.24. The molecular weight excluding hydrogens is 312 g/mol. The van der Waals surface area contributed by atoms with E-state index in [9.17, 15) is 14.3 Å². The number of nitro benzene ring substituents is 1. The van der Waals surface area contributed by atoms with Crippen LogP contribution in [0.4, 0.5) is 11.4 Å². The third-order valence-electron chi connectivity index (χ3n) is 2.98. The van der Waals surface area contributed by atoms with Crippen molar-refractivity contribution in [2.24, 2.45) is 0 Å². The summed E-state index contributed by atoms with van der Waals surface area (Å²) in [4.78, 5) is 10.8. The molecule has 0 saturated heterocycles. The molecule has 0 bridgehead atoms. The summed E-state index contributed by atoms with van der Waals surface area (Å²) in [5.41, 5.74) is 7.64. The number of nitrogen functional groups attached to an aromatic ring is 1. The molecule has 0 radical (unpaired) electrons. The van der Waals surface area contributed by atoms with Gasteiger partial charge in [-0.3, -0.25) is 14.3 Å². The topological polar surface area (TPSA) is 86.2 Å². The Bertz CT molecular complexity index is 734. The van der Waals surface area contributed by atoms with Crippen molar-refractivity contribution in [2.45, 2.75) is 17.6 Å². The third kappa shape index (κ3) is 3.59. The Morgan fingerprint density at radius 1 is 1.29 bits per heavy atom. The normalized spacial score (nSPS) is 12.1. The number of non-ortho nitro benzene ring substituents is 1. The van der Waals surface area contributed by atoms with Crippen LogP contribution in [0.1, 0.15) is 11.1 Å². The number of nitro groups is 1. The molecular formula is C14H13ClN2O3S. The molecule has 0 aliphatic rings. The van der Waals surface area contributed by atoms with Crippen LogP contribution in [-0.2, 0) is 16.6 Å². The van der Waals surface area contributed by atoms with Gasteiger partial charge < -0.3 is 5.73 Å². The van der Waals surface area contributed by atoms with Crippen molar-refractivity contribution < 1.29 is 9.13 Å². The van der Waals surface area contributed by atoms with E-state index in [1.54, 1.807) is 18.2 Å². The highest BCUT2D eigenvalue weighted by Gasteiger charge is 2.14. The SMILES string of the molecule is Cc1cc(N)ccc1S(=O)Cc1ccc([N+](=O)[O-])cc1Cl. The minimum atomic E-state index is -1.29. The Labute approximate surface area is 129 Å². The average molecular weight is 325 g/mol. The summed E-state index contributed by atoms with van der Waals surface area (Å²) in [7, 11) is -1.29. The lowest BCUT2D eigenvalue weighted by atomic mass is 10.2. The molecule has 5 nitrogen and oxygen atoms in total. The molecule has 1 atom stereocenters. The van der Waals surface area contributed by atoms with Crippen LogP contribution in [0.2, 0.25) is 5.02 Å². The number of nitrogens with two attached hydrogens (primary N) is 1. The molecule has 0 spiro atoms. The Morgan fingerprint density at radius 2 is 2.00 bits per heavy atom. The predicted molar refractivity (Wildman–Crippen MR) is 83.8 cm³/mol. The maximum atomic E-state index is 12.4. The van der Waals surface area contributed by atoms with Crippen molar-refractivity contribution in [3.8, 4) is 0 Å². The smallest absolute Gasteiger partial charge is 0.270 e. The highest BCUT2D eigenvalue weighted by molar-refractivity contribution is 7.84. The monoisotopic (exact) mass is 324 g/mol. The van der Waals surface area contributed by atoms with Crippen LogP contribution in [0.3, 0.4) is 0 Å². The second-order valence-corrected chi connectivity index (χ2v) is 6.37. The summed E-state index contributed by atoms with van der Waals surface area (Å²) >= 11 is 6.01. The summed E-state index contributed by atoms with van der Waals surface area (Å²) in [6, 6.07) is 9.33. The number of halogens is 1. The van der Waals surface area contributed by atoms with Gasteiger partial charge in [0.15, 0.2) is 0 Å². The van der Waals surface area contributed by atoms with Crippen LogP contribution in [0.25, 0.3) is 0 Å². The van der Waals surface area contributed by atoms with Crippen LogP contribution in [-0.4, -0.2) is 9.13 Å². The summed E-state index contributed by atoms with van der Waals surface area (Å²) in [5.74, 6) is 0.196. The molecule has 2 aromatic carbocycles. The molecule has 1 unspecified atom stereocenters. The van der Waals surface area contributed by atoms with Gasteiger partial charge in [0.2, 0.25) is 0 Å². The first-order chi connectivity index (χ1) is 9.88. The lowest BCUT2D eigenvalue weighted by Crippen LogP contribution is -2.01. The average Bonchev–Trinajstić information content (AvgIpc) is 2.40. The van der Waals surface area contributed by atoms with Crippen molar-refractivity contribution in [1.82, 2.24) is 0 Å². The lowest BCUT2D eigenvalue weighted by molar-refractivity contribution is -0.384. The van der Waals surface area contributed by atoms with Gasteiger partial charge in [-0.1, -0.05) is 11.6 Å². The van der Waals surface area contributed by atoms with Crippen LogP contribution in [0.5, 0.6) is 0 Å². The molecule has 2 rings (SSSR count). The van der Waals surface area contributed by atoms with E-state index in [0.717, 1.165) is 5.56 Å². The van der Waals surface area contributed by atoms with E-state index in [1.165, 1.54) is 18.2 Å². The van der Waals surface area contributed by atoms with E-state index in [1.807, 2.05) is 6.92 Å². The van der Waals surface area contributed by atoms with Crippen LogP contribution in [0, 0.1) is 17.0 Å². The number of benzene rings is 2. The fraction of sp³-hybridized carbons (Fsp3) is 0.143.